The lowest BCUT2D eigenvalue weighted by molar-refractivity contribution is 0.424. The Labute approximate surface area is 94.8 Å². The van der Waals surface area contributed by atoms with E-state index in [1.807, 2.05) is 24.3 Å². The Morgan fingerprint density at radius 3 is 3.00 bits per heavy atom. The first-order valence-electron chi connectivity index (χ1n) is 4.31. The number of aromatic nitrogens is 2. The van der Waals surface area contributed by atoms with Gasteiger partial charge in [-0.05, 0) is 17.7 Å². The number of hydrogen-bond donors (Lipinski definition) is 2. The number of rotatable bonds is 3. The zero-order valence-electron chi connectivity index (χ0n) is 7.77. The van der Waals surface area contributed by atoms with Gasteiger partial charge in [-0.25, -0.2) is 5.84 Å². The summed E-state index contributed by atoms with van der Waals surface area (Å²) in [4.78, 5) is 4.02. The average Bonchev–Trinajstić information content (AvgIpc) is 2.65. The van der Waals surface area contributed by atoms with Crippen LogP contribution in [-0.2, 0) is 6.42 Å². The molecule has 0 atom stereocenters. The second-order valence-corrected chi connectivity index (χ2v) is 3.88. The highest BCUT2D eigenvalue weighted by molar-refractivity contribution is 9.10. The quantitative estimate of drug-likeness (QED) is 0.655. The Balaban J connectivity index is 2.14. The fourth-order valence-electron chi connectivity index (χ4n) is 1.21. The van der Waals surface area contributed by atoms with Gasteiger partial charge in [0, 0.05) is 10.9 Å². The maximum Gasteiger partial charge on any atom is 0.335 e. The predicted octanol–water partition coefficient (Wildman–Crippen LogP) is 1.71. The molecule has 2 rings (SSSR count). The first-order valence-corrected chi connectivity index (χ1v) is 5.11. The minimum absolute atomic E-state index is 0.222. The zero-order chi connectivity index (χ0) is 10.7. The van der Waals surface area contributed by atoms with Crippen LogP contribution in [0.4, 0.5) is 6.01 Å². The molecule has 0 saturated heterocycles. The van der Waals surface area contributed by atoms with Crippen LogP contribution in [-0.4, -0.2) is 10.1 Å². The molecule has 1 aromatic carbocycles. The molecule has 78 valence electrons. The van der Waals surface area contributed by atoms with Crippen LogP contribution in [0.2, 0.25) is 0 Å². The van der Waals surface area contributed by atoms with Gasteiger partial charge < -0.3 is 4.52 Å². The lowest BCUT2D eigenvalue weighted by Crippen LogP contribution is -2.06. The molecule has 1 heterocycles. The smallest absolute Gasteiger partial charge is 0.314 e. The normalized spacial score (nSPS) is 10.3. The van der Waals surface area contributed by atoms with Crippen molar-refractivity contribution in [2.24, 2.45) is 5.84 Å². The van der Waals surface area contributed by atoms with Crippen molar-refractivity contribution >= 4 is 21.9 Å². The molecule has 0 aliphatic heterocycles. The average molecular weight is 269 g/mol. The van der Waals surface area contributed by atoms with Gasteiger partial charge in [-0.1, -0.05) is 33.2 Å². The Bertz CT molecular complexity index is 457. The number of nitrogens with zero attached hydrogens (tertiary/aromatic N) is 2. The van der Waals surface area contributed by atoms with Gasteiger partial charge in [-0.2, -0.15) is 4.98 Å². The van der Waals surface area contributed by atoms with E-state index in [0.29, 0.717) is 12.2 Å². The third-order valence-corrected chi connectivity index (χ3v) is 2.34. The standard InChI is InChI=1S/C9H9BrN4O/c10-7-3-1-2-6(4-7)5-8-12-9(13-11)15-14-8/h1-4H,5,11H2,(H,12,13,14). The first kappa shape index (κ1) is 10.1. The van der Waals surface area contributed by atoms with E-state index in [2.05, 4.69) is 31.5 Å². The summed E-state index contributed by atoms with van der Waals surface area (Å²) in [6.45, 7) is 0. The lowest BCUT2D eigenvalue weighted by Gasteiger charge is -1.96. The van der Waals surface area contributed by atoms with Crippen LogP contribution < -0.4 is 11.3 Å². The molecule has 5 nitrogen and oxygen atoms in total. The maximum atomic E-state index is 5.13. The molecule has 6 heteroatoms. The number of halogens is 1. The van der Waals surface area contributed by atoms with Gasteiger partial charge in [-0.15, -0.1) is 0 Å². The van der Waals surface area contributed by atoms with Crippen LogP contribution in [0, 0.1) is 0 Å². The SMILES string of the molecule is NNc1nc(Cc2cccc(Br)c2)no1. The Morgan fingerprint density at radius 2 is 2.33 bits per heavy atom. The number of hydrazine groups is 1. The van der Waals surface area contributed by atoms with Crippen molar-refractivity contribution in [3.63, 3.8) is 0 Å². The van der Waals surface area contributed by atoms with Crippen LogP contribution in [0.15, 0.2) is 33.3 Å². The molecule has 0 bridgehead atoms. The molecule has 0 spiro atoms. The van der Waals surface area contributed by atoms with Gasteiger partial charge >= 0.3 is 6.01 Å². The topological polar surface area (TPSA) is 77.0 Å². The summed E-state index contributed by atoms with van der Waals surface area (Å²) in [5, 5.41) is 3.77. The summed E-state index contributed by atoms with van der Waals surface area (Å²) >= 11 is 3.40. The molecule has 0 unspecified atom stereocenters. The third-order valence-electron chi connectivity index (χ3n) is 1.84. The van der Waals surface area contributed by atoms with E-state index >= 15 is 0 Å². The molecular weight excluding hydrogens is 260 g/mol. The van der Waals surface area contributed by atoms with E-state index in [4.69, 9.17) is 10.4 Å². The van der Waals surface area contributed by atoms with Crippen molar-refractivity contribution in [3.05, 3.63) is 40.1 Å². The Kier molecular flexibility index (Phi) is 2.98. The van der Waals surface area contributed by atoms with E-state index in [1.54, 1.807) is 0 Å². The zero-order valence-corrected chi connectivity index (χ0v) is 9.36. The molecule has 3 N–H and O–H groups in total. The number of anilines is 1. The molecule has 0 saturated carbocycles. The van der Waals surface area contributed by atoms with Crippen molar-refractivity contribution in [1.29, 1.82) is 0 Å². The van der Waals surface area contributed by atoms with Gasteiger partial charge in [0.15, 0.2) is 5.82 Å². The summed E-state index contributed by atoms with van der Waals surface area (Å²) in [6.07, 6.45) is 0.616. The summed E-state index contributed by atoms with van der Waals surface area (Å²) in [7, 11) is 0. The maximum absolute atomic E-state index is 5.13. The number of nitrogens with two attached hydrogens (primary N) is 1. The Morgan fingerprint density at radius 1 is 1.47 bits per heavy atom. The van der Waals surface area contributed by atoms with E-state index in [0.717, 1.165) is 10.0 Å². The van der Waals surface area contributed by atoms with Gasteiger partial charge in [0.2, 0.25) is 0 Å². The molecule has 2 aromatic rings. The van der Waals surface area contributed by atoms with Gasteiger partial charge in [0.1, 0.15) is 0 Å². The summed E-state index contributed by atoms with van der Waals surface area (Å²) in [6, 6.07) is 8.15. The molecule has 0 fully saturated rings. The van der Waals surface area contributed by atoms with Crippen LogP contribution in [0.5, 0.6) is 0 Å². The summed E-state index contributed by atoms with van der Waals surface area (Å²) < 4.78 is 5.84. The number of benzene rings is 1. The molecular formula is C9H9BrN4O. The van der Waals surface area contributed by atoms with Gasteiger partial charge in [0.25, 0.3) is 0 Å². The monoisotopic (exact) mass is 268 g/mol. The molecule has 0 aliphatic rings. The van der Waals surface area contributed by atoms with Gasteiger partial charge in [-0.3, -0.25) is 5.43 Å². The predicted molar refractivity (Wildman–Crippen MR) is 59.1 cm³/mol. The van der Waals surface area contributed by atoms with E-state index in [1.165, 1.54) is 0 Å². The van der Waals surface area contributed by atoms with Crippen LogP contribution in [0.25, 0.3) is 0 Å². The van der Waals surface area contributed by atoms with Crippen LogP contribution in [0.3, 0.4) is 0 Å². The molecule has 0 amide bonds. The minimum Gasteiger partial charge on any atom is -0.314 e. The lowest BCUT2D eigenvalue weighted by atomic mass is 10.1. The van der Waals surface area contributed by atoms with Crippen molar-refractivity contribution in [3.8, 4) is 0 Å². The highest BCUT2D eigenvalue weighted by Crippen LogP contribution is 2.14. The van der Waals surface area contributed by atoms with Crippen molar-refractivity contribution < 1.29 is 4.52 Å². The van der Waals surface area contributed by atoms with E-state index in [9.17, 15) is 0 Å². The highest BCUT2D eigenvalue weighted by Gasteiger charge is 2.05. The fraction of sp³-hybridized carbons (Fsp3) is 0.111. The van der Waals surface area contributed by atoms with Crippen molar-refractivity contribution in [1.82, 2.24) is 10.1 Å². The van der Waals surface area contributed by atoms with Crippen molar-refractivity contribution in [2.45, 2.75) is 6.42 Å². The number of nitrogen functional groups attached to an aromatic ring is 1. The summed E-state index contributed by atoms with van der Waals surface area (Å²) in [5.41, 5.74) is 3.40. The molecule has 0 radical (unpaired) electrons. The van der Waals surface area contributed by atoms with E-state index < -0.39 is 0 Å². The highest BCUT2D eigenvalue weighted by atomic mass is 79.9. The number of hydrogen-bond acceptors (Lipinski definition) is 5. The molecule has 1 aromatic heterocycles. The third kappa shape index (κ3) is 2.54. The Hall–Kier alpha value is -1.40. The summed E-state index contributed by atoms with van der Waals surface area (Å²) in [5.74, 6) is 5.73. The second kappa shape index (κ2) is 4.41. The van der Waals surface area contributed by atoms with Crippen LogP contribution in [0.1, 0.15) is 11.4 Å². The molecule has 0 aliphatic carbocycles. The second-order valence-electron chi connectivity index (χ2n) is 2.97. The van der Waals surface area contributed by atoms with Crippen LogP contribution >= 0.6 is 15.9 Å². The number of nitrogens with one attached hydrogen (secondary N) is 1. The largest absolute Gasteiger partial charge is 0.335 e. The fourth-order valence-corrected chi connectivity index (χ4v) is 1.66. The van der Waals surface area contributed by atoms with Gasteiger partial charge in [0.05, 0.1) is 0 Å². The minimum atomic E-state index is 0.222. The van der Waals surface area contributed by atoms with E-state index in [-0.39, 0.29) is 6.01 Å². The molecule has 15 heavy (non-hydrogen) atoms. The van der Waals surface area contributed by atoms with Crippen molar-refractivity contribution in [2.75, 3.05) is 5.43 Å². The first-order chi connectivity index (χ1) is 7.28.